The molecular formula is C23H28O. The van der Waals surface area contributed by atoms with Gasteiger partial charge in [0.05, 0.1) is 0 Å². The van der Waals surface area contributed by atoms with Gasteiger partial charge in [0.2, 0.25) is 0 Å². The standard InChI is InChI=1S/C23H28O/c1-16-8-11-22(24)18(14-16)9-10-20-17(2)6-5-7-21(20)19-12-13-23(3,4)15-19/h5-8,11,14-15,24H,9-10,12-13H2,1-4H3. The average Bonchev–Trinajstić information content (AvgIpc) is 2.89. The first-order chi connectivity index (χ1) is 11.4. The molecule has 0 saturated heterocycles. The van der Waals surface area contributed by atoms with Crippen molar-refractivity contribution in [2.24, 2.45) is 5.41 Å². The van der Waals surface area contributed by atoms with Gasteiger partial charge in [-0.25, -0.2) is 0 Å². The summed E-state index contributed by atoms with van der Waals surface area (Å²) < 4.78 is 0. The second-order valence-electron chi connectivity index (χ2n) is 7.89. The molecule has 1 nitrogen and oxygen atoms in total. The summed E-state index contributed by atoms with van der Waals surface area (Å²) in [6.07, 6.45) is 6.70. The summed E-state index contributed by atoms with van der Waals surface area (Å²) in [5, 5.41) is 10.1. The Labute approximate surface area is 146 Å². The van der Waals surface area contributed by atoms with E-state index < -0.39 is 0 Å². The lowest BCUT2D eigenvalue weighted by Gasteiger charge is -2.15. The number of aromatic hydroxyl groups is 1. The fourth-order valence-electron chi connectivity index (χ4n) is 3.79. The van der Waals surface area contributed by atoms with E-state index in [1.165, 1.54) is 40.7 Å². The van der Waals surface area contributed by atoms with Crippen LogP contribution in [0.1, 0.15) is 54.5 Å². The maximum atomic E-state index is 10.1. The van der Waals surface area contributed by atoms with Gasteiger partial charge in [-0.2, -0.15) is 0 Å². The van der Waals surface area contributed by atoms with E-state index in [2.05, 4.69) is 58.0 Å². The van der Waals surface area contributed by atoms with Crippen molar-refractivity contribution in [2.45, 2.75) is 53.4 Å². The molecule has 1 heteroatoms. The van der Waals surface area contributed by atoms with Crippen molar-refractivity contribution in [3.8, 4) is 5.75 Å². The Balaban J connectivity index is 1.90. The van der Waals surface area contributed by atoms with Crippen LogP contribution in [-0.4, -0.2) is 5.11 Å². The molecule has 24 heavy (non-hydrogen) atoms. The number of allylic oxidation sites excluding steroid dienone is 2. The van der Waals surface area contributed by atoms with Gasteiger partial charge in [0.25, 0.3) is 0 Å². The minimum absolute atomic E-state index is 0.311. The van der Waals surface area contributed by atoms with E-state index in [0.717, 1.165) is 18.4 Å². The molecule has 0 atom stereocenters. The lowest BCUT2D eigenvalue weighted by atomic mass is 9.90. The van der Waals surface area contributed by atoms with Gasteiger partial charge in [-0.15, -0.1) is 0 Å². The summed E-state index contributed by atoms with van der Waals surface area (Å²) in [6.45, 7) is 8.92. The largest absolute Gasteiger partial charge is 0.508 e. The number of hydrogen-bond donors (Lipinski definition) is 1. The van der Waals surface area contributed by atoms with Crippen LogP contribution in [0.3, 0.4) is 0 Å². The fourth-order valence-corrected chi connectivity index (χ4v) is 3.79. The topological polar surface area (TPSA) is 20.2 Å². The van der Waals surface area contributed by atoms with Crippen molar-refractivity contribution in [2.75, 3.05) is 0 Å². The summed E-state index contributed by atoms with van der Waals surface area (Å²) >= 11 is 0. The van der Waals surface area contributed by atoms with E-state index >= 15 is 0 Å². The number of aryl methyl sites for hydroxylation is 3. The van der Waals surface area contributed by atoms with Gasteiger partial charge in [0, 0.05) is 0 Å². The van der Waals surface area contributed by atoms with Gasteiger partial charge < -0.3 is 5.11 Å². The third-order valence-electron chi connectivity index (χ3n) is 5.24. The van der Waals surface area contributed by atoms with Crippen molar-refractivity contribution in [1.29, 1.82) is 0 Å². The quantitative estimate of drug-likeness (QED) is 0.732. The maximum Gasteiger partial charge on any atom is 0.118 e. The number of phenolic OH excluding ortho intramolecular Hbond substituents is 1. The Hall–Kier alpha value is -2.02. The molecule has 0 heterocycles. The highest BCUT2D eigenvalue weighted by atomic mass is 16.3. The van der Waals surface area contributed by atoms with Crippen molar-refractivity contribution >= 4 is 5.57 Å². The zero-order valence-electron chi connectivity index (χ0n) is 15.3. The molecule has 0 unspecified atom stereocenters. The molecule has 2 aromatic rings. The Bertz CT molecular complexity index is 781. The van der Waals surface area contributed by atoms with Crippen LogP contribution >= 0.6 is 0 Å². The van der Waals surface area contributed by atoms with Crippen LogP contribution in [0.15, 0.2) is 42.5 Å². The third kappa shape index (κ3) is 3.56. The van der Waals surface area contributed by atoms with E-state index in [4.69, 9.17) is 0 Å². The summed E-state index contributed by atoms with van der Waals surface area (Å²) in [7, 11) is 0. The lowest BCUT2D eigenvalue weighted by molar-refractivity contribution is 0.467. The molecule has 126 valence electrons. The highest BCUT2D eigenvalue weighted by Gasteiger charge is 2.24. The van der Waals surface area contributed by atoms with Gasteiger partial charge in [0.15, 0.2) is 0 Å². The highest BCUT2D eigenvalue weighted by molar-refractivity contribution is 5.71. The van der Waals surface area contributed by atoms with Crippen LogP contribution in [0.4, 0.5) is 0 Å². The zero-order chi connectivity index (χ0) is 17.3. The van der Waals surface area contributed by atoms with Crippen LogP contribution in [-0.2, 0) is 12.8 Å². The molecule has 1 N–H and O–H groups in total. The molecule has 1 aliphatic carbocycles. The Morgan fingerprint density at radius 2 is 1.83 bits per heavy atom. The van der Waals surface area contributed by atoms with E-state index in [1.54, 1.807) is 0 Å². The van der Waals surface area contributed by atoms with Crippen molar-refractivity contribution < 1.29 is 5.11 Å². The number of benzene rings is 2. The maximum absolute atomic E-state index is 10.1. The minimum Gasteiger partial charge on any atom is -0.508 e. The molecular weight excluding hydrogens is 292 g/mol. The van der Waals surface area contributed by atoms with E-state index in [1.807, 2.05) is 12.1 Å². The first kappa shape index (κ1) is 16.8. The number of hydrogen-bond acceptors (Lipinski definition) is 1. The molecule has 0 bridgehead atoms. The molecule has 0 spiro atoms. The van der Waals surface area contributed by atoms with Crippen molar-refractivity contribution in [1.82, 2.24) is 0 Å². The third-order valence-corrected chi connectivity index (χ3v) is 5.24. The summed E-state index contributed by atoms with van der Waals surface area (Å²) in [5.41, 5.74) is 8.25. The molecule has 3 rings (SSSR count). The smallest absolute Gasteiger partial charge is 0.118 e. The van der Waals surface area contributed by atoms with Crippen molar-refractivity contribution in [3.05, 3.63) is 70.3 Å². The first-order valence-electron chi connectivity index (χ1n) is 8.95. The van der Waals surface area contributed by atoms with Crippen LogP contribution < -0.4 is 0 Å². The molecule has 0 aliphatic heterocycles. The predicted octanol–water partition coefficient (Wildman–Crippen LogP) is 6.00. The first-order valence-corrected chi connectivity index (χ1v) is 8.95. The molecule has 0 saturated carbocycles. The van der Waals surface area contributed by atoms with Gasteiger partial charge in [-0.1, -0.05) is 55.8 Å². The normalized spacial score (nSPS) is 16.2. The molecule has 0 amide bonds. The second-order valence-corrected chi connectivity index (χ2v) is 7.89. The summed E-state index contributed by atoms with van der Waals surface area (Å²) in [4.78, 5) is 0. The SMILES string of the molecule is Cc1ccc(O)c(CCc2c(C)cccc2C2=CC(C)(C)CC2)c1. The van der Waals surface area contributed by atoms with Crippen LogP contribution in [0.5, 0.6) is 5.75 Å². The summed E-state index contributed by atoms with van der Waals surface area (Å²) in [6, 6.07) is 12.5. The van der Waals surface area contributed by atoms with E-state index in [-0.39, 0.29) is 0 Å². The molecule has 0 radical (unpaired) electrons. The number of phenols is 1. The molecule has 2 aromatic carbocycles. The van der Waals surface area contributed by atoms with Crippen LogP contribution in [0.25, 0.3) is 5.57 Å². The average molecular weight is 320 g/mol. The fraction of sp³-hybridized carbons (Fsp3) is 0.391. The summed E-state index contributed by atoms with van der Waals surface area (Å²) in [5.74, 6) is 0.414. The second kappa shape index (κ2) is 6.47. The Morgan fingerprint density at radius 3 is 2.54 bits per heavy atom. The van der Waals surface area contributed by atoms with Gasteiger partial charge in [0.1, 0.15) is 5.75 Å². The minimum atomic E-state index is 0.311. The monoisotopic (exact) mass is 320 g/mol. The van der Waals surface area contributed by atoms with E-state index in [9.17, 15) is 5.11 Å². The van der Waals surface area contributed by atoms with E-state index in [0.29, 0.717) is 11.2 Å². The van der Waals surface area contributed by atoms with Gasteiger partial charge in [-0.3, -0.25) is 0 Å². The Kier molecular flexibility index (Phi) is 4.54. The number of rotatable bonds is 4. The molecule has 0 fully saturated rings. The van der Waals surface area contributed by atoms with Crippen molar-refractivity contribution in [3.63, 3.8) is 0 Å². The van der Waals surface area contributed by atoms with Gasteiger partial charge in [-0.05, 0) is 78.8 Å². The zero-order valence-corrected chi connectivity index (χ0v) is 15.3. The van der Waals surface area contributed by atoms with Crippen LogP contribution in [0, 0.1) is 19.3 Å². The molecule has 0 aromatic heterocycles. The highest BCUT2D eigenvalue weighted by Crippen LogP contribution is 2.41. The predicted molar refractivity (Wildman–Crippen MR) is 102 cm³/mol. The van der Waals surface area contributed by atoms with Gasteiger partial charge >= 0.3 is 0 Å². The lowest BCUT2D eigenvalue weighted by Crippen LogP contribution is -2.01. The molecule has 1 aliphatic rings. The van der Waals surface area contributed by atoms with Crippen LogP contribution in [0.2, 0.25) is 0 Å². The Morgan fingerprint density at radius 1 is 1.04 bits per heavy atom.